The van der Waals surface area contributed by atoms with E-state index in [1.165, 1.54) is 5.56 Å². The first-order valence-electron chi connectivity index (χ1n) is 6.92. The third-order valence-electron chi connectivity index (χ3n) is 3.91. The van der Waals surface area contributed by atoms with Crippen molar-refractivity contribution in [1.82, 2.24) is 4.90 Å². The first kappa shape index (κ1) is 12.2. The first-order valence-corrected chi connectivity index (χ1v) is 6.92. The van der Waals surface area contributed by atoms with Crippen molar-refractivity contribution in [2.45, 2.75) is 25.7 Å². The number of fused-ring (bicyclic) bond motifs is 1. The van der Waals surface area contributed by atoms with Crippen LogP contribution in [0.3, 0.4) is 0 Å². The van der Waals surface area contributed by atoms with E-state index in [2.05, 4.69) is 6.07 Å². The number of rotatable bonds is 2. The van der Waals surface area contributed by atoms with Gasteiger partial charge in [-0.1, -0.05) is 18.2 Å². The van der Waals surface area contributed by atoms with Crippen molar-refractivity contribution in [2.24, 2.45) is 0 Å². The molecule has 100 valence electrons. The molecule has 0 unspecified atom stereocenters. The van der Waals surface area contributed by atoms with Crippen LogP contribution in [0.15, 0.2) is 24.3 Å². The van der Waals surface area contributed by atoms with Gasteiger partial charge in [0.2, 0.25) is 11.8 Å². The third-order valence-corrected chi connectivity index (χ3v) is 3.91. The number of hydrogen-bond donors (Lipinski definition) is 0. The van der Waals surface area contributed by atoms with Gasteiger partial charge in [-0.3, -0.25) is 9.59 Å². The van der Waals surface area contributed by atoms with E-state index < -0.39 is 0 Å². The van der Waals surface area contributed by atoms with E-state index in [0.717, 1.165) is 38.0 Å². The Kier molecular flexibility index (Phi) is 3.23. The van der Waals surface area contributed by atoms with Crippen molar-refractivity contribution in [3.63, 3.8) is 0 Å². The normalized spacial score (nSPS) is 18.6. The molecule has 19 heavy (non-hydrogen) atoms. The largest absolute Gasteiger partial charge is 0.333 e. The van der Waals surface area contributed by atoms with Crippen molar-refractivity contribution in [3.05, 3.63) is 29.8 Å². The third kappa shape index (κ3) is 2.35. The van der Waals surface area contributed by atoms with Crippen LogP contribution >= 0.6 is 0 Å². The maximum atomic E-state index is 12.4. The summed E-state index contributed by atoms with van der Waals surface area (Å²) in [6, 6.07) is 8.05. The van der Waals surface area contributed by atoms with Crippen LogP contribution in [0.2, 0.25) is 0 Å². The second-order valence-corrected chi connectivity index (χ2v) is 5.20. The fourth-order valence-corrected chi connectivity index (χ4v) is 2.91. The zero-order valence-electron chi connectivity index (χ0n) is 11.0. The standard InChI is InChI=1S/C15H18N2O2/c18-14-8-4-9-16(14)11-15(19)17-10-3-6-12-5-1-2-7-13(12)17/h1-2,5,7H,3-4,6,8-11H2. The van der Waals surface area contributed by atoms with Gasteiger partial charge < -0.3 is 9.80 Å². The van der Waals surface area contributed by atoms with Crippen LogP contribution in [0.1, 0.15) is 24.8 Å². The Bertz CT molecular complexity index is 513. The molecule has 1 aromatic carbocycles. The number of hydrogen-bond acceptors (Lipinski definition) is 2. The highest BCUT2D eigenvalue weighted by Crippen LogP contribution is 2.27. The minimum atomic E-state index is 0.0439. The Morgan fingerprint density at radius 3 is 2.68 bits per heavy atom. The van der Waals surface area contributed by atoms with Crippen LogP contribution in [-0.2, 0) is 16.0 Å². The molecule has 0 aromatic heterocycles. The average molecular weight is 258 g/mol. The molecule has 1 saturated heterocycles. The summed E-state index contributed by atoms with van der Waals surface area (Å²) in [6.45, 7) is 1.71. The molecule has 0 saturated carbocycles. The van der Waals surface area contributed by atoms with E-state index in [1.807, 2.05) is 23.1 Å². The second-order valence-electron chi connectivity index (χ2n) is 5.20. The van der Waals surface area contributed by atoms with Crippen LogP contribution in [0.4, 0.5) is 5.69 Å². The quantitative estimate of drug-likeness (QED) is 0.808. The number of benzene rings is 1. The number of carbonyl (C=O) groups is 2. The molecule has 2 amide bonds. The van der Waals surface area contributed by atoms with E-state index in [4.69, 9.17) is 0 Å². The maximum Gasteiger partial charge on any atom is 0.246 e. The van der Waals surface area contributed by atoms with E-state index in [1.54, 1.807) is 4.90 Å². The molecular formula is C15H18N2O2. The fourth-order valence-electron chi connectivity index (χ4n) is 2.91. The zero-order chi connectivity index (χ0) is 13.2. The number of likely N-dealkylation sites (tertiary alicyclic amines) is 1. The van der Waals surface area contributed by atoms with Gasteiger partial charge >= 0.3 is 0 Å². The predicted molar refractivity (Wildman–Crippen MR) is 72.9 cm³/mol. The Labute approximate surface area is 113 Å². The molecule has 0 N–H and O–H groups in total. The molecule has 2 heterocycles. The van der Waals surface area contributed by atoms with Crippen LogP contribution in [-0.4, -0.2) is 36.3 Å². The molecule has 3 rings (SSSR count). The summed E-state index contributed by atoms with van der Waals surface area (Å²) in [4.78, 5) is 27.5. The lowest BCUT2D eigenvalue weighted by Gasteiger charge is -2.30. The number of carbonyl (C=O) groups excluding carboxylic acids is 2. The number of para-hydroxylation sites is 1. The maximum absolute atomic E-state index is 12.4. The Hall–Kier alpha value is -1.84. The highest BCUT2D eigenvalue weighted by molar-refractivity contribution is 5.97. The van der Waals surface area contributed by atoms with Crippen molar-refractivity contribution < 1.29 is 9.59 Å². The summed E-state index contributed by atoms with van der Waals surface area (Å²) in [6.07, 6.45) is 3.49. The number of anilines is 1. The predicted octanol–water partition coefficient (Wildman–Crippen LogP) is 1.59. The minimum Gasteiger partial charge on any atom is -0.333 e. The number of nitrogens with zero attached hydrogens (tertiary/aromatic N) is 2. The lowest BCUT2D eigenvalue weighted by Crippen LogP contribution is -2.43. The van der Waals surface area contributed by atoms with Gasteiger partial charge in [-0.05, 0) is 30.9 Å². The minimum absolute atomic E-state index is 0.0439. The molecule has 2 aliphatic heterocycles. The van der Waals surface area contributed by atoms with E-state index in [9.17, 15) is 9.59 Å². The van der Waals surface area contributed by atoms with Crippen molar-refractivity contribution in [1.29, 1.82) is 0 Å². The average Bonchev–Trinajstić information content (AvgIpc) is 2.83. The van der Waals surface area contributed by atoms with Gasteiger partial charge in [0, 0.05) is 25.2 Å². The summed E-state index contributed by atoms with van der Waals surface area (Å²) in [7, 11) is 0. The van der Waals surface area contributed by atoms with Crippen LogP contribution in [0.25, 0.3) is 0 Å². The lowest BCUT2D eigenvalue weighted by atomic mass is 10.0. The van der Waals surface area contributed by atoms with Crippen LogP contribution in [0, 0.1) is 0 Å². The van der Waals surface area contributed by atoms with Crippen molar-refractivity contribution in [3.8, 4) is 0 Å². The first-order chi connectivity index (χ1) is 9.25. The van der Waals surface area contributed by atoms with Gasteiger partial charge in [-0.2, -0.15) is 0 Å². The van der Waals surface area contributed by atoms with Gasteiger partial charge in [0.05, 0.1) is 0 Å². The molecule has 0 spiro atoms. The summed E-state index contributed by atoms with van der Waals surface area (Å²) in [5.41, 5.74) is 2.25. The lowest BCUT2D eigenvalue weighted by molar-refractivity contribution is -0.132. The molecule has 0 aliphatic carbocycles. The molecule has 0 bridgehead atoms. The Morgan fingerprint density at radius 1 is 1.11 bits per heavy atom. The van der Waals surface area contributed by atoms with Gasteiger partial charge in [0.1, 0.15) is 6.54 Å². The van der Waals surface area contributed by atoms with Gasteiger partial charge in [-0.25, -0.2) is 0 Å². The van der Waals surface area contributed by atoms with E-state index in [0.29, 0.717) is 6.42 Å². The number of aryl methyl sites for hydroxylation is 1. The molecule has 2 aliphatic rings. The van der Waals surface area contributed by atoms with Gasteiger partial charge in [0.15, 0.2) is 0 Å². The molecular weight excluding hydrogens is 240 g/mol. The Morgan fingerprint density at radius 2 is 1.89 bits per heavy atom. The highest BCUT2D eigenvalue weighted by Gasteiger charge is 2.27. The molecule has 4 heteroatoms. The SMILES string of the molecule is O=C1CCCN1CC(=O)N1CCCc2ccccc21. The summed E-state index contributed by atoms with van der Waals surface area (Å²) < 4.78 is 0. The Balaban J connectivity index is 1.76. The van der Waals surface area contributed by atoms with Crippen molar-refractivity contribution in [2.75, 3.05) is 24.5 Å². The molecule has 1 fully saturated rings. The number of amides is 2. The van der Waals surface area contributed by atoms with Gasteiger partial charge in [-0.15, -0.1) is 0 Å². The monoisotopic (exact) mass is 258 g/mol. The smallest absolute Gasteiger partial charge is 0.246 e. The van der Waals surface area contributed by atoms with Gasteiger partial charge in [0.25, 0.3) is 0 Å². The zero-order valence-corrected chi connectivity index (χ0v) is 11.0. The van der Waals surface area contributed by atoms with E-state index in [-0.39, 0.29) is 18.4 Å². The summed E-state index contributed by atoms with van der Waals surface area (Å²) in [5, 5.41) is 0. The van der Waals surface area contributed by atoms with Crippen LogP contribution in [0.5, 0.6) is 0 Å². The molecule has 0 atom stereocenters. The molecule has 1 aromatic rings. The topological polar surface area (TPSA) is 40.6 Å². The summed E-state index contributed by atoms with van der Waals surface area (Å²) in [5.74, 6) is 0.154. The highest BCUT2D eigenvalue weighted by atomic mass is 16.2. The second kappa shape index (κ2) is 5.03. The van der Waals surface area contributed by atoms with Crippen molar-refractivity contribution >= 4 is 17.5 Å². The van der Waals surface area contributed by atoms with Crippen LogP contribution < -0.4 is 4.90 Å². The fraction of sp³-hybridized carbons (Fsp3) is 0.467. The molecule has 4 nitrogen and oxygen atoms in total. The van der Waals surface area contributed by atoms with E-state index >= 15 is 0 Å². The molecule has 0 radical (unpaired) electrons. The summed E-state index contributed by atoms with van der Waals surface area (Å²) >= 11 is 0.